The summed E-state index contributed by atoms with van der Waals surface area (Å²) in [5, 5.41) is 26.8. The molecule has 0 saturated carbocycles. The first-order valence-electron chi connectivity index (χ1n) is 4.31. The summed E-state index contributed by atoms with van der Waals surface area (Å²) < 4.78 is 13.2. The fraction of sp³-hybridized carbons (Fsp3) is 0.200. The lowest BCUT2D eigenvalue weighted by Crippen LogP contribution is -2.28. The van der Waals surface area contributed by atoms with Crippen molar-refractivity contribution in [3.8, 4) is 0 Å². The average Bonchev–Trinajstić information content (AvgIpc) is 2.27. The number of aldehydes is 1. The van der Waals surface area contributed by atoms with Crippen molar-refractivity contribution >= 4 is 12.3 Å². The Balaban J connectivity index is 3.11. The fourth-order valence-electron chi connectivity index (χ4n) is 1.17. The Kier molecular flexibility index (Phi) is 3.70. The number of aliphatic carboxylic acids is 1. The smallest absolute Gasteiger partial charge is 0.335 e. The van der Waals surface area contributed by atoms with Crippen molar-refractivity contribution in [2.75, 3.05) is 0 Å². The standard InChI is InChI=1S/C10H9FO5/c11-7-2-1-5(4-12)3-6(7)8(13)9(14)10(15)16/h1-4,8-9,13-14H,(H,15,16). The molecule has 0 spiro atoms. The molecule has 0 saturated heterocycles. The van der Waals surface area contributed by atoms with E-state index >= 15 is 0 Å². The number of hydrogen-bond acceptors (Lipinski definition) is 4. The number of carboxylic acids is 1. The Labute approximate surface area is 89.8 Å². The van der Waals surface area contributed by atoms with Crippen LogP contribution in [0.15, 0.2) is 18.2 Å². The molecule has 1 aromatic rings. The van der Waals surface area contributed by atoms with Crippen LogP contribution in [0.3, 0.4) is 0 Å². The molecule has 3 N–H and O–H groups in total. The molecule has 1 rings (SSSR count). The predicted octanol–water partition coefficient (Wildman–Crippen LogP) is 0.117. The minimum Gasteiger partial charge on any atom is -0.479 e. The van der Waals surface area contributed by atoms with Gasteiger partial charge in [0, 0.05) is 11.1 Å². The quantitative estimate of drug-likeness (QED) is 0.636. The van der Waals surface area contributed by atoms with Gasteiger partial charge in [-0.25, -0.2) is 9.18 Å². The van der Waals surface area contributed by atoms with E-state index in [9.17, 15) is 19.1 Å². The molecule has 0 fully saturated rings. The van der Waals surface area contributed by atoms with Gasteiger partial charge in [-0.15, -0.1) is 0 Å². The van der Waals surface area contributed by atoms with Crippen molar-refractivity contribution in [3.63, 3.8) is 0 Å². The molecule has 6 heteroatoms. The molecule has 5 nitrogen and oxygen atoms in total. The van der Waals surface area contributed by atoms with Gasteiger partial charge in [0.15, 0.2) is 6.10 Å². The van der Waals surface area contributed by atoms with Crippen LogP contribution in [0, 0.1) is 5.82 Å². The van der Waals surface area contributed by atoms with Gasteiger partial charge in [-0.2, -0.15) is 0 Å². The first-order chi connectivity index (χ1) is 7.47. The summed E-state index contributed by atoms with van der Waals surface area (Å²) in [7, 11) is 0. The highest BCUT2D eigenvalue weighted by molar-refractivity contribution is 5.76. The van der Waals surface area contributed by atoms with Crippen LogP contribution < -0.4 is 0 Å². The Morgan fingerprint density at radius 1 is 1.38 bits per heavy atom. The number of aliphatic hydroxyl groups excluding tert-OH is 2. The average molecular weight is 228 g/mol. The third-order valence-electron chi connectivity index (χ3n) is 2.03. The maximum Gasteiger partial charge on any atom is 0.335 e. The second-order valence-electron chi connectivity index (χ2n) is 3.13. The molecular formula is C10H9FO5. The lowest BCUT2D eigenvalue weighted by molar-refractivity contribution is -0.153. The van der Waals surface area contributed by atoms with Gasteiger partial charge in [0.05, 0.1) is 0 Å². The molecule has 0 bridgehead atoms. The van der Waals surface area contributed by atoms with Gasteiger partial charge in [-0.1, -0.05) is 0 Å². The molecule has 2 atom stereocenters. The Morgan fingerprint density at radius 2 is 2.00 bits per heavy atom. The molecule has 16 heavy (non-hydrogen) atoms. The first-order valence-corrected chi connectivity index (χ1v) is 4.31. The minimum atomic E-state index is -2.14. The minimum absolute atomic E-state index is 0.0769. The van der Waals surface area contributed by atoms with Crippen LogP contribution in [0.5, 0.6) is 0 Å². The molecule has 2 unspecified atom stereocenters. The molecule has 0 aliphatic carbocycles. The molecule has 86 valence electrons. The molecule has 0 heterocycles. The van der Waals surface area contributed by atoms with Crippen molar-refractivity contribution in [2.45, 2.75) is 12.2 Å². The van der Waals surface area contributed by atoms with Crippen molar-refractivity contribution in [3.05, 3.63) is 35.1 Å². The highest BCUT2D eigenvalue weighted by atomic mass is 19.1. The number of aliphatic hydroxyl groups is 2. The molecule has 0 aliphatic rings. The monoisotopic (exact) mass is 228 g/mol. The molecule has 0 aromatic heterocycles. The third-order valence-corrected chi connectivity index (χ3v) is 2.03. The van der Waals surface area contributed by atoms with E-state index in [1.54, 1.807) is 0 Å². The summed E-state index contributed by atoms with van der Waals surface area (Å²) in [6.07, 6.45) is -3.64. The Hall–Kier alpha value is -1.79. The van der Waals surface area contributed by atoms with Crippen LogP contribution in [-0.4, -0.2) is 33.7 Å². The molecule has 1 aromatic carbocycles. The second kappa shape index (κ2) is 4.82. The summed E-state index contributed by atoms with van der Waals surface area (Å²) in [5.41, 5.74) is -0.354. The van der Waals surface area contributed by atoms with Gasteiger partial charge in [0.25, 0.3) is 0 Å². The summed E-state index contributed by atoms with van der Waals surface area (Å²) in [6, 6.07) is 3.07. The van der Waals surface area contributed by atoms with Gasteiger partial charge in [-0.3, -0.25) is 4.79 Å². The summed E-state index contributed by atoms with van der Waals surface area (Å²) in [4.78, 5) is 20.8. The van der Waals surface area contributed by atoms with Crippen LogP contribution in [0.1, 0.15) is 22.0 Å². The van der Waals surface area contributed by atoms with E-state index in [0.717, 1.165) is 12.1 Å². The third kappa shape index (κ3) is 2.41. The van der Waals surface area contributed by atoms with Crippen molar-refractivity contribution < 1.29 is 29.3 Å². The van der Waals surface area contributed by atoms with Crippen LogP contribution in [0.4, 0.5) is 4.39 Å². The van der Waals surface area contributed by atoms with Crippen molar-refractivity contribution in [1.82, 2.24) is 0 Å². The number of carboxylic acid groups (broad SMARTS) is 1. The SMILES string of the molecule is O=Cc1ccc(F)c(C(O)C(O)C(=O)O)c1. The van der Waals surface area contributed by atoms with Crippen molar-refractivity contribution in [2.24, 2.45) is 0 Å². The molecule has 0 aliphatic heterocycles. The number of benzene rings is 1. The topological polar surface area (TPSA) is 94.8 Å². The number of carbonyl (C=O) groups excluding carboxylic acids is 1. The lowest BCUT2D eigenvalue weighted by Gasteiger charge is -2.15. The first kappa shape index (κ1) is 12.3. The zero-order chi connectivity index (χ0) is 12.3. The normalized spacial score (nSPS) is 14.2. The van der Waals surface area contributed by atoms with Gasteiger partial charge in [-0.05, 0) is 18.2 Å². The van der Waals surface area contributed by atoms with E-state index in [2.05, 4.69) is 0 Å². The number of rotatable bonds is 4. The largest absolute Gasteiger partial charge is 0.479 e. The van der Waals surface area contributed by atoms with E-state index in [1.165, 1.54) is 6.07 Å². The van der Waals surface area contributed by atoms with Crippen LogP contribution >= 0.6 is 0 Å². The second-order valence-corrected chi connectivity index (χ2v) is 3.13. The van der Waals surface area contributed by atoms with Gasteiger partial charge >= 0.3 is 5.97 Å². The number of hydrogen-bond donors (Lipinski definition) is 3. The lowest BCUT2D eigenvalue weighted by atomic mass is 10.0. The molecule has 0 amide bonds. The van der Waals surface area contributed by atoms with Gasteiger partial charge < -0.3 is 15.3 Å². The van der Waals surface area contributed by atoms with Gasteiger partial charge in [0.1, 0.15) is 18.2 Å². The summed E-state index contributed by atoms with van der Waals surface area (Å²) in [5.74, 6) is -2.57. The zero-order valence-corrected chi connectivity index (χ0v) is 8.00. The maximum absolute atomic E-state index is 13.2. The van der Waals surface area contributed by atoms with E-state index in [-0.39, 0.29) is 5.56 Å². The van der Waals surface area contributed by atoms with E-state index < -0.39 is 29.6 Å². The zero-order valence-electron chi connectivity index (χ0n) is 8.00. The highest BCUT2D eigenvalue weighted by Gasteiger charge is 2.27. The number of carbonyl (C=O) groups is 2. The Morgan fingerprint density at radius 3 is 2.50 bits per heavy atom. The number of halogens is 1. The maximum atomic E-state index is 13.2. The summed E-state index contributed by atoms with van der Waals surface area (Å²) in [6.45, 7) is 0. The van der Waals surface area contributed by atoms with Gasteiger partial charge in [0.2, 0.25) is 0 Å². The van der Waals surface area contributed by atoms with Crippen molar-refractivity contribution in [1.29, 1.82) is 0 Å². The van der Waals surface area contributed by atoms with E-state index in [1.807, 2.05) is 0 Å². The van der Waals surface area contributed by atoms with E-state index in [4.69, 9.17) is 10.2 Å². The Bertz CT molecular complexity index is 418. The van der Waals surface area contributed by atoms with Crippen LogP contribution in [0.25, 0.3) is 0 Å². The fourth-order valence-corrected chi connectivity index (χ4v) is 1.17. The van der Waals surface area contributed by atoms with Crippen LogP contribution in [0.2, 0.25) is 0 Å². The van der Waals surface area contributed by atoms with Crippen LogP contribution in [-0.2, 0) is 4.79 Å². The van der Waals surface area contributed by atoms with E-state index in [0.29, 0.717) is 6.29 Å². The summed E-state index contributed by atoms with van der Waals surface area (Å²) >= 11 is 0. The molecular weight excluding hydrogens is 219 g/mol. The predicted molar refractivity (Wildman–Crippen MR) is 50.4 cm³/mol. The highest BCUT2D eigenvalue weighted by Crippen LogP contribution is 2.21. The molecule has 0 radical (unpaired) electrons.